The lowest BCUT2D eigenvalue weighted by Crippen LogP contribution is -2.28. The van der Waals surface area contributed by atoms with Crippen molar-refractivity contribution in [1.29, 1.82) is 0 Å². The molecule has 0 N–H and O–H groups in total. The highest BCUT2D eigenvalue weighted by Crippen LogP contribution is 2.57. The van der Waals surface area contributed by atoms with Crippen LogP contribution in [0.4, 0.5) is 17.1 Å². The van der Waals surface area contributed by atoms with Crippen molar-refractivity contribution in [1.82, 2.24) is 0 Å². The van der Waals surface area contributed by atoms with Crippen LogP contribution >= 0.6 is 11.3 Å². The van der Waals surface area contributed by atoms with Gasteiger partial charge in [-0.2, -0.15) is 0 Å². The smallest absolute Gasteiger partial charge is 0.0714 e. The maximum Gasteiger partial charge on any atom is 0.0714 e. The largest absolute Gasteiger partial charge is 0.310 e. The number of benzene rings is 10. The second-order valence-corrected chi connectivity index (χ2v) is 17.0. The van der Waals surface area contributed by atoms with E-state index in [1.54, 1.807) is 0 Å². The van der Waals surface area contributed by atoms with E-state index >= 15 is 0 Å². The van der Waals surface area contributed by atoms with Gasteiger partial charge in [-0.05, 0) is 97.2 Å². The standard InChI is InChI=1S/C59H39NS/c1-5-17-40(18-6-1)41-29-32-46(33-30-41)60(48-37-53(42-19-7-2-8-20-42)58-54(38-48)52-35-31-43-21-13-14-26-49(43)57(52)61-58)47-34-36-51-50-27-15-16-28-55(50)59(56(51)39-47,44-22-9-3-10-23-44)45-24-11-4-12-25-45/h1-39H. The summed E-state index contributed by atoms with van der Waals surface area (Å²) in [4.78, 5) is 2.48. The topological polar surface area (TPSA) is 3.24 Å². The molecular weight excluding hydrogens is 755 g/mol. The van der Waals surface area contributed by atoms with Crippen molar-refractivity contribution in [3.05, 3.63) is 259 Å². The van der Waals surface area contributed by atoms with Crippen molar-refractivity contribution in [2.45, 2.75) is 5.41 Å². The molecule has 1 aliphatic carbocycles. The molecule has 11 aromatic rings. The van der Waals surface area contributed by atoms with Gasteiger partial charge in [0.1, 0.15) is 0 Å². The molecule has 0 aliphatic heterocycles. The first-order valence-corrected chi connectivity index (χ1v) is 21.8. The number of hydrogen-bond donors (Lipinski definition) is 0. The first-order chi connectivity index (χ1) is 30.3. The van der Waals surface area contributed by atoms with Gasteiger partial charge < -0.3 is 4.90 Å². The number of anilines is 3. The maximum atomic E-state index is 2.48. The Kier molecular flexibility index (Phi) is 8.33. The Morgan fingerprint density at radius 1 is 0.311 bits per heavy atom. The third kappa shape index (κ3) is 5.60. The van der Waals surface area contributed by atoms with Crippen molar-refractivity contribution in [2.75, 3.05) is 4.90 Å². The van der Waals surface area contributed by atoms with E-state index in [1.807, 2.05) is 11.3 Å². The summed E-state index contributed by atoms with van der Waals surface area (Å²) in [6.45, 7) is 0. The van der Waals surface area contributed by atoms with Crippen LogP contribution in [0.25, 0.3) is 64.3 Å². The summed E-state index contributed by atoms with van der Waals surface area (Å²) in [5.74, 6) is 0. The molecule has 1 heterocycles. The molecule has 286 valence electrons. The Bertz CT molecular complexity index is 3350. The summed E-state index contributed by atoms with van der Waals surface area (Å²) in [5, 5.41) is 5.12. The second kappa shape index (κ2) is 14.3. The van der Waals surface area contributed by atoms with Crippen molar-refractivity contribution in [3.63, 3.8) is 0 Å². The molecule has 0 fully saturated rings. The molecule has 0 atom stereocenters. The Morgan fingerprint density at radius 2 is 0.885 bits per heavy atom. The molecule has 0 amide bonds. The molecule has 2 heteroatoms. The monoisotopic (exact) mass is 793 g/mol. The number of fused-ring (bicyclic) bond motifs is 8. The first-order valence-electron chi connectivity index (χ1n) is 21.0. The summed E-state index contributed by atoms with van der Waals surface area (Å²) in [5.41, 5.74) is 15.3. The van der Waals surface area contributed by atoms with Crippen LogP contribution < -0.4 is 4.90 Å². The minimum Gasteiger partial charge on any atom is -0.310 e. The number of nitrogens with zero attached hydrogens (tertiary/aromatic N) is 1. The first kappa shape index (κ1) is 35.4. The number of hydrogen-bond acceptors (Lipinski definition) is 2. The average molecular weight is 794 g/mol. The molecule has 0 unspecified atom stereocenters. The maximum absolute atomic E-state index is 2.48. The predicted octanol–water partition coefficient (Wildman–Crippen LogP) is 16.4. The lowest BCUT2D eigenvalue weighted by atomic mass is 9.67. The molecule has 0 saturated heterocycles. The molecule has 1 aliphatic rings. The van der Waals surface area contributed by atoms with E-state index < -0.39 is 5.41 Å². The van der Waals surface area contributed by atoms with E-state index in [-0.39, 0.29) is 0 Å². The van der Waals surface area contributed by atoms with Crippen molar-refractivity contribution in [3.8, 4) is 33.4 Å². The van der Waals surface area contributed by atoms with Crippen LogP contribution in [0.15, 0.2) is 237 Å². The number of thiophene rings is 1. The molecule has 12 rings (SSSR count). The van der Waals surface area contributed by atoms with Crippen molar-refractivity contribution < 1.29 is 0 Å². The van der Waals surface area contributed by atoms with E-state index in [0.29, 0.717) is 0 Å². The summed E-state index contributed by atoms with van der Waals surface area (Å²) in [7, 11) is 0. The Labute approximate surface area is 360 Å². The second-order valence-electron chi connectivity index (χ2n) is 16.0. The zero-order valence-corrected chi connectivity index (χ0v) is 34.2. The van der Waals surface area contributed by atoms with E-state index in [4.69, 9.17) is 0 Å². The highest BCUT2D eigenvalue weighted by Gasteiger charge is 2.46. The zero-order chi connectivity index (χ0) is 40.3. The van der Waals surface area contributed by atoms with Crippen LogP contribution in [-0.4, -0.2) is 0 Å². The van der Waals surface area contributed by atoms with Crippen LogP contribution in [0.3, 0.4) is 0 Å². The lowest BCUT2D eigenvalue weighted by Gasteiger charge is -2.35. The summed E-state index contributed by atoms with van der Waals surface area (Å²) >= 11 is 1.91. The molecule has 0 spiro atoms. The Balaban J connectivity index is 1.15. The van der Waals surface area contributed by atoms with Gasteiger partial charge in [-0.15, -0.1) is 11.3 Å². The highest BCUT2D eigenvalue weighted by molar-refractivity contribution is 7.27. The molecule has 0 bridgehead atoms. The van der Waals surface area contributed by atoms with Gasteiger partial charge in [0, 0.05) is 42.8 Å². The van der Waals surface area contributed by atoms with Gasteiger partial charge in [-0.3, -0.25) is 0 Å². The van der Waals surface area contributed by atoms with E-state index in [2.05, 4.69) is 241 Å². The molecule has 1 nitrogen and oxygen atoms in total. The summed E-state index contributed by atoms with van der Waals surface area (Å²) < 4.78 is 2.63. The highest BCUT2D eigenvalue weighted by atomic mass is 32.1. The molecule has 1 aromatic heterocycles. The van der Waals surface area contributed by atoms with E-state index in [1.165, 1.54) is 86.6 Å². The minimum absolute atomic E-state index is 0.517. The van der Waals surface area contributed by atoms with Crippen molar-refractivity contribution >= 4 is 59.3 Å². The molecule has 10 aromatic carbocycles. The average Bonchev–Trinajstić information content (AvgIpc) is 3.87. The third-order valence-electron chi connectivity index (χ3n) is 12.7. The summed E-state index contributed by atoms with van der Waals surface area (Å²) in [6, 6.07) is 87.3. The number of rotatable bonds is 7. The van der Waals surface area contributed by atoms with Gasteiger partial charge in [-0.1, -0.05) is 200 Å². The van der Waals surface area contributed by atoms with Gasteiger partial charge in [0.25, 0.3) is 0 Å². The fourth-order valence-corrected chi connectivity index (χ4v) is 11.4. The SMILES string of the molecule is c1ccc(-c2ccc(N(c3ccc4c(c3)C(c3ccccc3)(c3ccccc3)c3ccccc3-4)c3cc(-c4ccccc4)c4sc5c6ccccc6ccc5c4c3)cc2)cc1. The van der Waals surface area contributed by atoms with Gasteiger partial charge in [0.2, 0.25) is 0 Å². The fraction of sp³-hybridized carbons (Fsp3) is 0.0169. The fourth-order valence-electron chi connectivity index (χ4n) is 10.0. The third-order valence-corrected chi connectivity index (χ3v) is 14.0. The Morgan fingerprint density at radius 3 is 1.61 bits per heavy atom. The minimum atomic E-state index is -0.517. The van der Waals surface area contributed by atoms with E-state index in [9.17, 15) is 0 Å². The van der Waals surface area contributed by atoms with Crippen LogP contribution in [0, 0.1) is 0 Å². The summed E-state index contributed by atoms with van der Waals surface area (Å²) in [6.07, 6.45) is 0. The van der Waals surface area contributed by atoms with Crippen LogP contribution in [-0.2, 0) is 5.41 Å². The van der Waals surface area contributed by atoms with Crippen molar-refractivity contribution in [2.24, 2.45) is 0 Å². The van der Waals surface area contributed by atoms with Gasteiger partial charge in [-0.25, -0.2) is 0 Å². The predicted molar refractivity (Wildman–Crippen MR) is 260 cm³/mol. The Hall–Kier alpha value is -7.52. The quantitative estimate of drug-likeness (QED) is 0.155. The molecule has 61 heavy (non-hydrogen) atoms. The van der Waals surface area contributed by atoms with E-state index in [0.717, 1.165) is 17.1 Å². The molecular formula is C59H39NS. The van der Waals surface area contributed by atoms with Gasteiger partial charge >= 0.3 is 0 Å². The molecule has 0 radical (unpaired) electrons. The normalized spacial score (nSPS) is 12.7. The van der Waals surface area contributed by atoms with Gasteiger partial charge in [0.05, 0.1) is 5.41 Å². The van der Waals surface area contributed by atoms with Gasteiger partial charge in [0.15, 0.2) is 0 Å². The molecule has 0 saturated carbocycles. The lowest BCUT2D eigenvalue weighted by molar-refractivity contribution is 0.768. The van der Waals surface area contributed by atoms with Crippen LogP contribution in [0.2, 0.25) is 0 Å². The zero-order valence-electron chi connectivity index (χ0n) is 33.4. The van der Waals surface area contributed by atoms with Crippen LogP contribution in [0.1, 0.15) is 22.3 Å². The van der Waals surface area contributed by atoms with Crippen LogP contribution in [0.5, 0.6) is 0 Å².